The molecule has 1 amide bonds. The Morgan fingerprint density at radius 1 is 1.33 bits per heavy atom. The summed E-state index contributed by atoms with van der Waals surface area (Å²) in [6.45, 7) is 7.90. The van der Waals surface area contributed by atoms with Crippen LogP contribution in [-0.4, -0.2) is 23.9 Å². The van der Waals surface area contributed by atoms with Gasteiger partial charge in [-0.25, -0.2) is 0 Å². The summed E-state index contributed by atoms with van der Waals surface area (Å²) in [5.74, 6) is 0.727. The summed E-state index contributed by atoms with van der Waals surface area (Å²) in [6.07, 6.45) is 1.26. The maximum Gasteiger partial charge on any atom is 0.222 e. The third-order valence-corrected chi connectivity index (χ3v) is 2.98. The van der Waals surface area contributed by atoms with Crippen molar-refractivity contribution in [3.8, 4) is 0 Å². The predicted molar refractivity (Wildman–Crippen MR) is 76.3 cm³/mol. The highest BCUT2D eigenvalue weighted by atomic mass is 16.2. The maximum atomic E-state index is 12.1. The molecule has 0 aliphatic rings. The first-order valence-electron chi connectivity index (χ1n) is 6.65. The molecule has 18 heavy (non-hydrogen) atoms. The van der Waals surface area contributed by atoms with Crippen molar-refractivity contribution in [2.75, 3.05) is 18.8 Å². The first-order chi connectivity index (χ1) is 8.54. The fourth-order valence-corrected chi connectivity index (χ4v) is 2.01. The number of nitrogens with two attached hydrogens (primary N) is 1. The number of anilines is 1. The molecule has 0 atom stereocenters. The van der Waals surface area contributed by atoms with Gasteiger partial charge in [0.15, 0.2) is 0 Å². The van der Waals surface area contributed by atoms with Crippen molar-refractivity contribution in [1.82, 2.24) is 4.90 Å². The average Bonchev–Trinajstić information content (AvgIpc) is 2.34. The number of hydrogen-bond donors (Lipinski definition) is 1. The second kappa shape index (κ2) is 7.04. The van der Waals surface area contributed by atoms with Crippen LogP contribution in [0.3, 0.4) is 0 Å². The number of hydrogen-bond acceptors (Lipinski definition) is 2. The Hall–Kier alpha value is -1.51. The van der Waals surface area contributed by atoms with Crippen LogP contribution in [0.5, 0.6) is 0 Å². The van der Waals surface area contributed by atoms with Crippen LogP contribution >= 0.6 is 0 Å². The van der Waals surface area contributed by atoms with Crippen LogP contribution in [0.4, 0.5) is 5.69 Å². The van der Waals surface area contributed by atoms with Gasteiger partial charge < -0.3 is 10.6 Å². The summed E-state index contributed by atoms with van der Waals surface area (Å²) in [5.41, 5.74) is 7.71. The van der Waals surface area contributed by atoms with Crippen molar-refractivity contribution < 1.29 is 4.79 Å². The summed E-state index contributed by atoms with van der Waals surface area (Å²) < 4.78 is 0. The average molecular weight is 248 g/mol. The standard InChI is InChI=1S/C15H24N2O/c1-4-17(11-12(2)3)15(18)10-9-13-7-5-6-8-14(13)16/h5-8,12H,4,9-11,16H2,1-3H3. The van der Waals surface area contributed by atoms with Crippen molar-refractivity contribution >= 4 is 11.6 Å². The molecule has 1 aromatic carbocycles. The fraction of sp³-hybridized carbons (Fsp3) is 0.533. The molecule has 1 aromatic rings. The number of nitrogen functional groups attached to an aromatic ring is 1. The van der Waals surface area contributed by atoms with Gasteiger partial charge in [0.1, 0.15) is 0 Å². The Kier molecular flexibility index (Phi) is 5.69. The predicted octanol–water partition coefficient (Wildman–Crippen LogP) is 2.71. The fourth-order valence-electron chi connectivity index (χ4n) is 2.01. The number of aryl methyl sites for hydroxylation is 1. The van der Waals surface area contributed by atoms with Crippen LogP contribution in [0.2, 0.25) is 0 Å². The molecule has 0 heterocycles. The molecule has 0 fully saturated rings. The van der Waals surface area contributed by atoms with Crippen LogP contribution in [0, 0.1) is 5.92 Å². The van der Waals surface area contributed by atoms with E-state index in [-0.39, 0.29) is 5.91 Å². The molecule has 2 N–H and O–H groups in total. The van der Waals surface area contributed by atoms with E-state index in [2.05, 4.69) is 13.8 Å². The SMILES string of the molecule is CCN(CC(C)C)C(=O)CCc1ccccc1N. The number of benzene rings is 1. The van der Waals surface area contributed by atoms with E-state index in [1.54, 1.807) is 0 Å². The Balaban J connectivity index is 2.52. The minimum absolute atomic E-state index is 0.217. The quantitative estimate of drug-likeness (QED) is 0.787. The van der Waals surface area contributed by atoms with Crippen molar-refractivity contribution in [3.63, 3.8) is 0 Å². The van der Waals surface area contributed by atoms with Gasteiger partial charge in [-0.1, -0.05) is 32.0 Å². The van der Waals surface area contributed by atoms with Gasteiger partial charge in [-0.2, -0.15) is 0 Å². The number of para-hydroxylation sites is 1. The summed E-state index contributed by atoms with van der Waals surface area (Å²) in [5, 5.41) is 0. The molecule has 100 valence electrons. The smallest absolute Gasteiger partial charge is 0.222 e. The van der Waals surface area contributed by atoms with E-state index in [1.807, 2.05) is 36.1 Å². The highest BCUT2D eigenvalue weighted by Crippen LogP contribution is 2.13. The third kappa shape index (κ3) is 4.40. The van der Waals surface area contributed by atoms with E-state index in [4.69, 9.17) is 5.73 Å². The van der Waals surface area contributed by atoms with Crippen molar-refractivity contribution in [2.45, 2.75) is 33.6 Å². The van der Waals surface area contributed by atoms with E-state index >= 15 is 0 Å². The lowest BCUT2D eigenvalue weighted by molar-refractivity contribution is -0.131. The largest absolute Gasteiger partial charge is 0.399 e. The van der Waals surface area contributed by atoms with Crippen LogP contribution in [0.25, 0.3) is 0 Å². The summed E-state index contributed by atoms with van der Waals surface area (Å²) in [4.78, 5) is 14.0. The zero-order valence-electron chi connectivity index (χ0n) is 11.6. The highest BCUT2D eigenvalue weighted by molar-refractivity contribution is 5.76. The van der Waals surface area contributed by atoms with Gasteiger partial charge in [-0.3, -0.25) is 4.79 Å². The van der Waals surface area contributed by atoms with E-state index in [0.29, 0.717) is 12.3 Å². The van der Waals surface area contributed by atoms with E-state index in [9.17, 15) is 4.79 Å². The molecule has 3 nitrogen and oxygen atoms in total. The minimum atomic E-state index is 0.217. The molecular formula is C15H24N2O. The molecule has 0 spiro atoms. The number of carbonyl (C=O) groups is 1. The van der Waals surface area contributed by atoms with Crippen LogP contribution in [0.1, 0.15) is 32.8 Å². The molecule has 1 rings (SSSR count). The second-order valence-electron chi connectivity index (χ2n) is 5.03. The second-order valence-corrected chi connectivity index (χ2v) is 5.03. The number of amides is 1. The van der Waals surface area contributed by atoms with Gasteiger partial charge >= 0.3 is 0 Å². The Bertz CT molecular complexity index is 388. The van der Waals surface area contributed by atoms with Gasteiger partial charge in [-0.05, 0) is 30.9 Å². The molecular weight excluding hydrogens is 224 g/mol. The van der Waals surface area contributed by atoms with Gasteiger partial charge in [0.2, 0.25) is 5.91 Å². The van der Waals surface area contributed by atoms with Crippen molar-refractivity contribution in [1.29, 1.82) is 0 Å². The molecule has 0 saturated carbocycles. The third-order valence-electron chi connectivity index (χ3n) is 2.98. The zero-order valence-corrected chi connectivity index (χ0v) is 11.6. The monoisotopic (exact) mass is 248 g/mol. The van der Waals surface area contributed by atoms with Gasteiger partial charge in [-0.15, -0.1) is 0 Å². The molecule has 0 aromatic heterocycles. The van der Waals surface area contributed by atoms with Crippen molar-refractivity contribution in [2.24, 2.45) is 5.92 Å². The van der Waals surface area contributed by atoms with E-state index in [0.717, 1.165) is 30.8 Å². The molecule has 0 aliphatic heterocycles. The minimum Gasteiger partial charge on any atom is -0.399 e. The Morgan fingerprint density at radius 3 is 2.56 bits per heavy atom. The highest BCUT2D eigenvalue weighted by Gasteiger charge is 2.13. The Morgan fingerprint density at radius 2 is 2.00 bits per heavy atom. The maximum absolute atomic E-state index is 12.1. The van der Waals surface area contributed by atoms with Gasteiger partial charge in [0.25, 0.3) is 0 Å². The van der Waals surface area contributed by atoms with Gasteiger partial charge in [0, 0.05) is 25.2 Å². The molecule has 0 bridgehead atoms. The molecule has 0 saturated heterocycles. The molecule has 0 aliphatic carbocycles. The van der Waals surface area contributed by atoms with Crippen molar-refractivity contribution in [3.05, 3.63) is 29.8 Å². The lowest BCUT2D eigenvalue weighted by Crippen LogP contribution is -2.34. The Labute approximate surface area is 110 Å². The topological polar surface area (TPSA) is 46.3 Å². The summed E-state index contributed by atoms with van der Waals surface area (Å²) in [6, 6.07) is 7.74. The molecule has 0 radical (unpaired) electrons. The molecule has 0 unspecified atom stereocenters. The lowest BCUT2D eigenvalue weighted by Gasteiger charge is -2.23. The van der Waals surface area contributed by atoms with Crippen LogP contribution in [-0.2, 0) is 11.2 Å². The van der Waals surface area contributed by atoms with Crippen LogP contribution in [0.15, 0.2) is 24.3 Å². The van der Waals surface area contributed by atoms with Gasteiger partial charge in [0.05, 0.1) is 0 Å². The zero-order chi connectivity index (χ0) is 13.5. The normalized spacial score (nSPS) is 10.7. The summed E-state index contributed by atoms with van der Waals surface area (Å²) in [7, 11) is 0. The number of rotatable bonds is 6. The lowest BCUT2D eigenvalue weighted by atomic mass is 10.1. The van der Waals surface area contributed by atoms with Crippen LogP contribution < -0.4 is 5.73 Å². The first-order valence-corrected chi connectivity index (χ1v) is 6.65. The first kappa shape index (κ1) is 14.6. The molecule has 3 heteroatoms. The number of nitrogens with zero attached hydrogens (tertiary/aromatic N) is 1. The number of carbonyl (C=O) groups excluding carboxylic acids is 1. The summed E-state index contributed by atoms with van der Waals surface area (Å²) >= 11 is 0. The van der Waals surface area contributed by atoms with E-state index in [1.165, 1.54) is 0 Å². The van der Waals surface area contributed by atoms with E-state index < -0.39 is 0 Å².